The Hall–Kier alpha value is -1.91. The number of nitrogens with one attached hydrogen (secondary N) is 1. The molecule has 122 valence electrons. The van der Waals surface area contributed by atoms with Gasteiger partial charge in [-0.25, -0.2) is 4.39 Å². The number of para-hydroxylation sites is 1. The molecular formula is C19H23FN2O. The molecule has 0 saturated carbocycles. The normalized spacial score (nSPS) is 18.9. The van der Waals surface area contributed by atoms with Crippen molar-refractivity contribution in [3.8, 4) is 5.75 Å². The molecule has 1 aliphatic heterocycles. The summed E-state index contributed by atoms with van der Waals surface area (Å²) in [6.45, 7) is 3.22. The first-order valence-electron chi connectivity index (χ1n) is 8.18. The smallest absolute Gasteiger partial charge is 0.127 e. The van der Waals surface area contributed by atoms with Gasteiger partial charge in [0.15, 0.2) is 0 Å². The quantitative estimate of drug-likeness (QED) is 0.889. The number of likely N-dealkylation sites (tertiary alicyclic amines) is 1. The first kappa shape index (κ1) is 16.0. The van der Waals surface area contributed by atoms with Crippen molar-refractivity contribution in [1.82, 2.24) is 10.2 Å². The Morgan fingerprint density at radius 1 is 1.09 bits per heavy atom. The lowest BCUT2D eigenvalue weighted by molar-refractivity contribution is 0.180. The summed E-state index contributed by atoms with van der Waals surface area (Å²) in [7, 11) is 0. The molecular weight excluding hydrogens is 291 g/mol. The van der Waals surface area contributed by atoms with Gasteiger partial charge in [-0.1, -0.05) is 36.4 Å². The van der Waals surface area contributed by atoms with Crippen LogP contribution in [-0.2, 0) is 13.1 Å². The molecule has 0 radical (unpaired) electrons. The van der Waals surface area contributed by atoms with Gasteiger partial charge in [-0.3, -0.25) is 4.90 Å². The number of hydrogen-bond acceptors (Lipinski definition) is 3. The third kappa shape index (κ3) is 4.30. The lowest BCUT2D eigenvalue weighted by Crippen LogP contribution is -2.45. The van der Waals surface area contributed by atoms with Crippen LogP contribution in [0.5, 0.6) is 5.75 Å². The van der Waals surface area contributed by atoms with E-state index in [0.29, 0.717) is 24.9 Å². The number of hydrogen-bond donors (Lipinski definition) is 2. The lowest BCUT2D eigenvalue weighted by Gasteiger charge is -2.33. The van der Waals surface area contributed by atoms with Crippen molar-refractivity contribution in [1.29, 1.82) is 0 Å². The first-order valence-corrected chi connectivity index (χ1v) is 8.18. The summed E-state index contributed by atoms with van der Waals surface area (Å²) in [4.78, 5) is 2.30. The van der Waals surface area contributed by atoms with E-state index in [1.807, 2.05) is 30.3 Å². The monoisotopic (exact) mass is 314 g/mol. The number of nitrogens with zero attached hydrogens (tertiary/aromatic N) is 1. The van der Waals surface area contributed by atoms with Gasteiger partial charge in [-0.15, -0.1) is 0 Å². The van der Waals surface area contributed by atoms with Gasteiger partial charge >= 0.3 is 0 Å². The van der Waals surface area contributed by atoms with Gasteiger partial charge < -0.3 is 10.4 Å². The minimum absolute atomic E-state index is 0.128. The molecule has 1 aliphatic rings. The second-order valence-corrected chi connectivity index (χ2v) is 6.18. The lowest BCUT2D eigenvalue weighted by atomic mass is 10.0. The van der Waals surface area contributed by atoms with Crippen molar-refractivity contribution >= 4 is 0 Å². The minimum atomic E-state index is -0.128. The summed E-state index contributed by atoms with van der Waals surface area (Å²) in [5.41, 5.74) is 1.67. The maximum Gasteiger partial charge on any atom is 0.127 e. The fourth-order valence-electron chi connectivity index (χ4n) is 3.15. The van der Waals surface area contributed by atoms with Gasteiger partial charge in [0.25, 0.3) is 0 Å². The molecule has 3 rings (SSSR count). The number of phenolic OH excluding ortho intramolecular Hbond substituents is 1. The zero-order valence-corrected chi connectivity index (χ0v) is 13.2. The molecule has 1 fully saturated rings. The number of rotatable bonds is 5. The van der Waals surface area contributed by atoms with E-state index in [9.17, 15) is 9.50 Å². The molecule has 2 N–H and O–H groups in total. The van der Waals surface area contributed by atoms with E-state index in [0.717, 1.165) is 37.1 Å². The average molecular weight is 314 g/mol. The summed E-state index contributed by atoms with van der Waals surface area (Å²) in [6, 6.07) is 14.8. The minimum Gasteiger partial charge on any atom is -0.508 e. The molecule has 1 heterocycles. The Morgan fingerprint density at radius 3 is 2.61 bits per heavy atom. The molecule has 2 aromatic carbocycles. The maximum atomic E-state index is 13.8. The maximum absolute atomic E-state index is 13.8. The summed E-state index contributed by atoms with van der Waals surface area (Å²) in [5.74, 6) is 0.204. The molecule has 4 heteroatoms. The van der Waals surface area contributed by atoms with E-state index in [-0.39, 0.29) is 5.82 Å². The number of benzene rings is 2. The van der Waals surface area contributed by atoms with Crippen LogP contribution < -0.4 is 5.32 Å². The highest BCUT2D eigenvalue weighted by Gasteiger charge is 2.20. The van der Waals surface area contributed by atoms with Crippen molar-refractivity contribution < 1.29 is 9.50 Å². The Labute approximate surface area is 136 Å². The third-order valence-corrected chi connectivity index (χ3v) is 4.43. The Morgan fingerprint density at radius 2 is 1.83 bits per heavy atom. The Kier molecular flexibility index (Phi) is 5.26. The fourth-order valence-corrected chi connectivity index (χ4v) is 3.15. The fraction of sp³-hybridized carbons (Fsp3) is 0.368. The SMILES string of the molecule is Oc1ccccc1CN[C@H]1CCCN(Cc2ccccc2F)C1. The Bertz CT molecular complexity index is 647. The van der Waals surface area contributed by atoms with Gasteiger partial charge in [-0.05, 0) is 31.5 Å². The summed E-state index contributed by atoms with van der Waals surface area (Å²) >= 11 is 0. The average Bonchev–Trinajstić information content (AvgIpc) is 2.57. The highest BCUT2D eigenvalue weighted by molar-refractivity contribution is 5.31. The van der Waals surface area contributed by atoms with Crippen LogP contribution in [0, 0.1) is 5.82 Å². The number of piperidine rings is 1. The number of halogens is 1. The molecule has 23 heavy (non-hydrogen) atoms. The summed E-state index contributed by atoms with van der Waals surface area (Å²) < 4.78 is 13.8. The van der Waals surface area contributed by atoms with Crippen LogP contribution in [0.3, 0.4) is 0 Å². The molecule has 0 spiro atoms. The van der Waals surface area contributed by atoms with Crippen LogP contribution in [0.25, 0.3) is 0 Å². The standard InChI is InChI=1S/C19H23FN2O/c20-18-9-3-1-7-16(18)13-22-11-5-8-17(14-22)21-12-15-6-2-4-10-19(15)23/h1-4,6-7,9-10,17,21,23H,5,8,11-14H2/t17-/m0/s1. The first-order chi connectivity index (χ1) is 11.2. The van der Waals surface area contributed by atoms with Crippen molar-refractivity contribution in [2.75, 3.05) is 13.1 Å². The number of phenols is 1. The zero-order valence-electron chi connectivity index (χ0n) is 13.2. The van der Waals surface area contributed by atoms with Gasteiger partial charge in [0.2, 0.25) is 0 Å². The second kappa shape index (κ2) is 7.57. The second-order valence-electron chi connectivity index (χ2n) is 6.18. The van der Waals surface area contributed by atoms with E-state index < -0.39 is 0 Å². The van der Waals surface area contributed by atoms with Crippen LogP contribution >= 0.6 is 0 Å². The van der Waals surface area contributed by atoms with Crippen molar-refractivity contribution in [2.45, 2.75) is 32.0 Å². The van der Waals surface area contributed by atoms with Crippen LogP contribution in [-0.4, -0.2) is 29.1 Å². The molecule has 3 nitrogen and oxygen atoms in total. The van der Waals surface area contributed by atoms with Gasteiger partial charge in [0.1, 0.15) is 11.6 Å². The van der Waals surface area contributed by atoms with Gasteiger partial charge in [0.05, 0.1) is 0 Å². The van der Waals surface area contributed by atoms with E-state index in [4.69, 9.17) is 0 Å². The number of aromatic hydroxyl groups is 1. The summed E-state index contributed by atoms with van der Waals surface area (Å²) in [5, 5.41) is 13.3. The zero-order chi connectivity index (χ0) is 16.1. The molecule has 1 saturated heterocycles. The van der Waals surface area contributed by atoms with Gasteiger partial charge in [-0.2, -0.15) is 0 Å². The van der Waals surface area contributed by atoms with E-state index in [2.05, 4.69) is 10.2 Å². The van der Waals surface area contributed by atoms with E-state index in [1.165, 1.54) is 6.07 Å². The third-order valence-electron chi connectivity index (χ3n) is 4.43. The van der Waals surface area contributed by atoms with Crippen LogP contribution in [0.1, 0.15) is 24.0 Å². The van der Waals surface area contributed by atoms with Crippen LogP contribution in [0.15, 0.2) is 48.5 Å². The van der Waals surface area contributed by atoms with Crippen LogP contribution in [0.2, 0.25) is 0 Å². The van der Waals surface area contributed by atoms with Crippen molar-refractivity contribution in [2.24, 2.45) is 0 Å². The molecule has 0 aliphatic carbocycles. The van der Waals surface area contributed by atoms with Gasteiger partial charge in [0, 0.05) is 36.8 Å². The largest absolute Gasteiger partial charge is 0.508 e. The van der Waals surface area contributed by atoms with Crippen molar-refractivity contribution in [3.05, 3.63) is 65.5 Å². The highest BCUT2D eigenvalue weighted by atomic mass is 19.1. The molecule has 0 aromatic heterocycles. The highest BCUT2D eigenvalue weighted by Crippen LogP contribution is 2.18. The Balaban J connectivity index is 1.54. The van der Waals surface area contributed by atoms with E-state index >= 15 is 0 Å². The molecule has 0 amide bonds. The molecule has 0 unspecified atom stereocenters. The molecule has 2 aromatic rings. The molecule has 0 bridgehead atoms. The predicted octanol–water partition coefficient (Wildman–Crippen LogP) is 3.29. The topological polar surface area (TPSA) is 35.5 Å². The van der Waals surface area contributed by atoms with E-state index in [1.54, 1.807) is 12.1 Å². The molecule has 1 atom stereocenters. The van der Waals surface area contributed by atoms with Crippen LogP contribution in [0.4, 0.5) is 4.39 Å². The summed E-state index contributed by atoms with van der Waals surface area (Å²) in [6.07, 6.45) is 2.22. The van der Waals surface area contributed by atoms with Crippen molar-refractivity contribution in [3.63, 3.8) is 0 Å². The predicted molar refractivity (Wildman–Crippen MR) is 89.6 cm³/mol.